The molecule has 2 rings (SSSR count). The molecule has 1 unspecified atom stereocenters. The van der Waals surface area contributed by atoms with E-state index >= 15 is 0 Å². The van der Waals surface area contributed by atoms with Gasteiger partial charge in [0.15, 0.2) is 0 Å². The molecule has 0 heterocycles. The lowest BCUT2D eigenvalue weighted by atomic mass is 10.1. The molecular formula is C11H10BrClFNO. The smallest absolute Gasteiger partial charge is 0.242 e. The fourth-order valence-electron chi connectivity index (χ4n) is 1.32. The number of halogens is 3. The van der Waals surface area contributed by atoms with Crippen LogP contribution in [0.1, 0.15) is 23.8 Å². The Kier molecular flexibility index (Phi) is 3.50. The topological polar surface area (TPSA) is 29.1 Å². The normalized spacial score (nSPS) is 16.9. The van der Waals surface area contributed by atoms with E-state index < -0.39 is 11.2 Å². The Morgan fingerprint density at radius 1 is 1.56 bits per heavy atom. The van der Waals surface area contributed by atoms with Gasteiger partial charge in [-0.2, -0.15) is 0 Å². The summed E-state index contributed by atoms with van der Waals surface area (Å²) in [5, 5.41) is 1.95. The molecule has 5 heteroatoms. The van der Waals surface area contributed by atoms with Gasteiger partial charge in [0.25, 0.3) is 0 Å². The maximum absolute atomic E-state index is 13.2. The quantitative estimate of drug-likeness (QED) is 0.854. The minimum atomic E-state index is -0.830. The number of carbonyl (C=O) groups is 1. The molecule has 0 saturated heterocycles. The highest BCUT2D eigenvalue weighted by Gasteiger charge is 2.27. The highest BCUT2D eigenvalue weighted by atomic mass is 79.9. The van der Waals surface area contributed by atoms with Crippen molar-refractivity contribution in [1.29, 1.82) is 0 Å². The minimum Gasteiger partial charge on any atom is -0.352 e. The maximum Gasteiger partial charge on any atom is 0.242 e. The number of hydrogen-bond acceptors (Lipinski definition) is 1. The van der Waals surface area contributed by atoms with Crippen molar-refractivity contribution in [2.45, 2.75) is 24.3 Å². The average molecular weight is 307 g/mol. The van der Waals surface area contributed by atoms with E-state index in [1.807, 2.05) is 0 Å². The van der Waals surface area contributed by atoms with Gasteiger partial charge < -0.3 is 5.32 Å². The summed E-state index contributed by atoms with van der Waals surface area (Å²) < 4.78 is 13.6. The highest BCUT2D eigenvalue weighted by Crippen LogP contribution is 2.27. The van der Waals surface area contributed by atoms with Crippen molar-refractivity contribution in [1.82, 2.24) is 5.32 Å². The molecule has 1 amide bonds. The number of carbonyl (C=O) groups excluding carboxylic acids is 1. The zero-order valence-corrected chi connectivity index (χ0v) is 10.7. The van der Waals surface area contributed by atoms with Crippen LogP contribution in [-0.4, -0.2) is 11.9 Å². The van der Waals surface area contributed by atoms with Crippen molar-refractivity contribution in [3.05, 3.63) is 34.1 Å². The van der Waals surface area contributed by atoms with Crippen LogP contribution >= 0.6 is 27.5 Å². The van der Waals surface area contributed by atoms with Crippen molar-refractivity contribution in [2.24, 2.45) is 0 Å². The Morgan fingerprint density at radius 2 is 2.25 bits per heavy atom. The van der Waals surface area contributed by atoms with Gasteiger partial charge in [0.1, 0.15) is 11.2 Å². The van der Waals surface area contributed by atoms with Gasteiger partial charge in [-0.3, -0.25) is 4.79 Å². The summed E-state index contributed by atoms with van der Waals surface area (Å²) in [5.74, 6) is -0.673. The van der Waals surface area contributed by atoms with Crippen molar-refractivity contribution >= 4 is 33.4 Å². The first kappa shape index (κ1) is 11.9. The molecule has 1 N–H and O–H groups in total. The van der Waals surface area contributed by atoms with Crippen LogP contribution in [0.3, 0.4) is 0 Å². The van der Waals surface area contributed by atoms with Crippen molar-refractivity contribution in [3.63, 3.8) is 0 Å². The Balaban J connectivity index is 2.09. The Hall–Kier alpha value is -0.610. The Bertz CT molecular complexity index is 422. The van der Waals surface area contributed by atoms with Crippen LogP contribution in [0.15, 0.2) is 22.7 Å². The molecule has 0 aromatic heterocycles. The number of hydrogen-bond donors (Lipinski definition) is 1. The number of benzene rings is 1. The van der Waals surface area contributed by atoms with E-state index in [1.54, 1.807) is 12.1 Å². The molecule has 1 aromatic carbocycles. The Morgan fingerprint density at radius 3 is 2.81 bits per heavy atom. The van der Waals surface area contributed by atoms with Crippen LogP contribution in [0.4, 0.5) is 4.39 Å². The van der Waals surface area contributed by atoms with Crippen LogP contribution < -0.4 is 5.32 Å². The van der Waals surface area contributed by atoms with Gasteiger partial charge in [-0.05, 0) is 46.5 Å². The third kappa shape index (κ3) is 2.74. The van der Waals surface area contributed by atoms with Gasteiger partial charge in [0.05, 0.1) is 4.47 Å². The molecule has 16 heavy (non-hydrogen) atoms. The molecule has 1 fully saturated rings. The lowest BCUT2D eigenvalue weighted by Crippen LogP contribution is -2.28. The minimum absolute atomic E-state index is 0.258. The fraction of sp³-hybridized carbons (Fsp3) is 0.364. The molecule has 1 saturated carbocycles. The van der Waals surface area contributed by atoms with Crippen molar-refractivity contribution < 1.29 is 9.18 Å². The maximum atomic E-state index is 13.2. The van der Waals surface area contributed by atoms with Crippen LogP contribution in [0, 0.1) is 5.82 Å². The summed E-state index contributed by atoms with van der Waals surface area (Å²) in [7, 11) is 0. The van der Waals surface area contributed by atoms with E-state index in [1.165, 1.54) is 6.07 Å². The monoisotopic (exact) mass is 305 g/mol. The first-order chi connectivity index (χ1) is 7.58. The summed E-state index contributed by atoms with van der Waals surface area (Å²) in [6.07, 6.45) is 2.01. The highest BCUT2D eigenvalue weighted by molar-refractivity contribution is 9.10. The van der Waals surface area contributed by atoms with Gasteiger partial charge in [-0.25, -0.2) is 4.39 Å². The first-order valence-corrected chi connectivity index (χ1v) is 6.20. The van der Waals surface area contributed by atoms with Gasteiger partial charge in [0, 0.05) is 6.04 Å². The first-order valence-electron chi connectivity index (χ1n) is 4.97. The van der Waals surface area contributed by atoms with E-state index in [0.29, 0.717) is 10.0 Å². The summed E-state index contributed by atoms with van der Waals surface area (Å²) in [5.41, 5.74) is 0.473. The molecule has 1 atom stereocenters. The predicted molar refractivity (Wildman–Crippen MR) is 63.9 cm³/mol. The number of rotatable bonds is 3. The molecule has 86 valence electrons. The lowest BCUT2D eigenvalue weighted by molar-refractivity contribution is -0.121. The second-order valence-electron chi connectivity index (χ2n) is 3.82. The molecule has 1 aromatic rings. The van der Waals surface area contributed by atoms with E-state index in [2.05, 4.69) is 21.2 Å². The summed E-state index contributed by atoms with van der Waals surface area (Å²) >= 11 is 9.01. The third-order valence-electron chi connectivity index (χ3n) is 2.39. The standard InChI is InChI=1S/C11H10BrClFNO/c12-8-4-1-6(5-9(8)14)10(13)11(16)15-7-2-3-7/h1,4-5,7,10H,2-3H2,(H,15,16). The van der Waals surface area contributed by atoms with E-state index in [-0.39, 0.29) is 11.9 Å². The lowest BCUT2D eigenvalue weighted by Gasteiger charge is -2.10. The molecule has 0 aliphatic heterocycles. The summed E-state index contributed by atoms with van der Waals surface area (Å²) in [6, 6.07) is 4.71. The fourth-order valence-corrected chi connectivity index (χ4v) is 1.77. The van der Waals surface area contributed by atoms with Gasteiger partial charge in [0.2, 0.25) is 5.91 Å². The van der Waals surface area contributed by atoms with Gasteiger partial charge in [-0.15, -0.1) is 11.6 Å². The van der Waals surface area contributed by atoms with Crippen LogP contribution in [-0.2, 0) is 4.79 Å². The second kappa shape index (κ2) is 4.72. The van der Waals surface area contributed by atoms with Gasteiger partial charge in [-0.1, -0.05) is 6.07 Å². The van der Waals surface area contributed by atoms with E-state index in [4.69, 9.17) is 11.6 Å². The van der Waals surface area contributed by atoms with E-state index in [0.717, 1.165) is 12.8 Å². The zero-order valence-electron chi connectivity index (χ0n) is 8.34. The molecule has 0 bridgehead atoms. The van der Waals surface area contributed by atoms with E-state index in [9.17, 15) is 9.18 Å². The zero-order chi connectivity index (χ0) is 11.7. The predicted octanol–water partition coefficient (Wildman–Crippen LogP) is 3.15. The van der Waals surface area contributed by atoms with Crippen LogP contribution in [0.5, 0.6) is 0 Å². The SMILES string of the molecule is O=C(NC1CC1)C(Cl)c1ccc(Br)c(F)c1. The van der Waals surface area contributed by atoms with Crippen molar-refractivity contribution in [2.75, 3.05) is 0 Å². The Labute approximate surface area is 106 Å². The molecule has 2 nitrogen and oxygen atoms in total. The molecule has 1 aliphatic carbocycles. The second-order valence-corrected chi connectivity index (χ2v) is 5.11. The number of alkyl halides is 1. The molecule has 1 aliphatic rings. The molecule has 0 spiro atoms. The third-order valence-corrected chi connectivity index (χ3v) is 3.48. The van der Waals surface area contributed by atoms with Crippen LogP contribution in [0.25, 0.3) is 0 Å². The average Bonchev–Trinajstić information content (AvgIpc) is 3.05. The van der Waals surface area contributed by atoms with Gasteiger partial charge >= 0.3 is 0 Å². The number of nitrogens with one attached hydrogen (secondary N) is 1. The molecular weight excluding hydrogens is 296 g/mol. The summed E-state index contributed by atoms with van der Waals surface area (Å²) in [6.45, 7) is 0. The van der Waals surface area contributed by atoms with Crippen LogP contribution in [0.2, 0.25) is 0 Å². The largest absolute Gasteiger partial charge is 0.352 e. The molecule has 0 radical (unpaired) electrons. The van der Waals surface area contributed by atoms with Crippen molar-refractivity contribution in [3.8, 4) is 0 Å². The number of amides is 1. The summed E-state index contributed by atoms with van der Waals surface area (Å²) in [4.78, 5) is 11.6.